The van der Waals surface area contributed by atoms with Gasteiger partial charge in [0.05, 0.1) is 12.3 Å². The van der Waals surface area contributed by atoms with E-state index in [1.165, 1.54) is 11.8 Å². The minimum Gasteiger partial charge on any atom is -0.459 e. The smallest absolute Gasteiger partial charge is 0.289 e. The summed E-state index contributed by atoms with van der Waals surface area (Å²) in [6.45, 7) is 9.08. The summed E-state index contributed by atoms with van der Waals surface area (Å²) < 4.78 is 5.22. The number of furan rings is 1. The lowest BCUT2D eigenvalue weighted by Crippen LogP contribution is -2.55. The van der Waals surface area contributed by atoms with E-state index in [0.717, 1.165) is 39.1 Å². The molecule has 1 unspecified atom stereocenters. The van der Waals surface area contributed by atoms with Crippen molar-refractivity contribution in [1.82, 2.24) is 19.6 Å². The molecule has 2 saturated heterocycles. The molecule has 0 saturated carbocycles. The van der Waals surface area contributed by atoms with E-state index in [1.807, 2.05) is 17.9 Å². The Kier molecular flexibility index (Phi) is 7.04. The fourth-order valence-electron chi connectivity index (χ4n) is 4.48. The van der Waals surface area contributed by atoms with Gasteiger partial charge in [-0.1, -0.05) is 30.3 Å². The second-order valence-corrected chi connectivity index (χ2v) is 8.42. The van der Waals surface area contributed by atoms with Crippen LogP contribution >= 0.6 is 0 Å². The molecule has 2 aromatic rings. The Balaban J connectivity index is 1.26. The molecular formula is C24H32N4O3. The van der Waals surface area contributed by atoms with Crippen molar-refractivity contribution in [2.45, 2.75) is 25.9 Å². The van der Waals surface area contributed by atoms with Crippen molar-refractivity contribution in [2.75, 3.05) is 52.4 Å². The SMILES string of the molecule is CC(C(=O)N1CCN(C(=O)c2ccco2)CC1)N1CCCN(Cc2ccccc2)CC1. The number of benzene rings is 1. The quantitative estimate of drug-likeness (QED) is 0.736. The van der Waals surface area contributed by atoms with Gasteiger partial charge in [-0.2, -0.15) is 0 Å². The highest BCUT2D eigenvalue weighted by atomic mass is 16.3. The molecule has 1 aromatic heterocycles. The number of piperazine rings is 1. The Morgan fingerprint density at radius 3 is 2.32 bits per heavy atom. The summed E-state index contributed by atoms with van der Waals surface area (Å²) in [5.74, 6) is 0.426. The molecule has 0 radical (unpaired) electrons. The zero-order valence-electron chi connectivity index (χ0n) is 18.3. The van der Waals surface area contributed by atoms with Crippen LogP contribution in [0, 0.1) is 0 Å². The van der Waals surface area contributed by atoms with E-state index in [2.05, 4.69) is 34.1 Å². The fraction of sp³-hybridized carbons (Fsp3) is 0.500. The molecule has 2 fully saturated rings. The summed E-state index contributed by atoms with van der Waals surface area (Å²) in [5.41, 5.74) is 1.34. The molecule has 2 amide bonds. The third kappa shape index (κ3) is 5.35. The highest BCUT2D eigenvalue weighted by molar-refractivity contribution is 5.91. The molecule has 4 rings (SSSR count). The average molecular weight is 425 g/mol. The van der Waals surface area contributed by atoms with Gasteiger partial charge in [-0.05, 0) is 37.6 Å². The first-order valence-corrected chi connectivity index (χ1v) is 11.2. The molecule has 1 aromatic carbocycles. The van der Waals surface area contributed by atoms with Crippen molar-refractivity contribution in [3.63, 3.8) is 0 Å². The number of nitrogens with zero attached hydrogens (tertiary/aromatic N) is 4. The lowest BCUT2D eigenvalue weighted by Gasteiger charge is -2.37. The average Bonchev–Trinajstić information content (AvgIpc) is 3.25. The Labute approximate surface area is 184 Å². The van der Waals surface area contributed by atoms with Crippen molar-refractivity contribution in [2.24, 2.45) is 0 Å². The molecule has 0 N–H and O–H groups in total. The maximum absolute atomic E-state index is 13.1. The van der Waals surface area contributed by atoms with E-state index in [4.69, 9.17) is 4.42 Å². The first-order valence-electron chi connectivity index (χ1n) is 11.2. The van der Waals surface area contributed by atoms with Crippen LogP contribution in [0.3, 0.4) is 0 Å². The first-order chi connectivity index (χ1) is 15.1. The molecule has 7 nitrogen and oxygen atoms in total. The van der Waals surface area contributed by atoms with Crippen LogP contribution in [-0.4, -0.2) is 89.8 Å². The van der Waals surface area contributed by atoms with Crippen LogP contribution in [0.15, 0.2) is 53.1 Å². The van der Waals surface area contributed by atoms with Gasteiger partial charge in [-0.15, -0.1) is 0 Å². The standard InChI is InChI=1S/C24H32N4O3/c1-20(26-11-6-10-25(12-13-26)19-21-7-3-2-4-8-21)23(29)27-14-16-28(17-15-27)24(30)22-9-5-18-31-22/h2-5,7-9,18,20H,6,10-17,19H2,1H3. The number of carbonyl (C=O) groups excluding carboxylic acids is 2. The second-order valence-electron chi connectivity index (χ2n) is 8.42. The van der Waals surface area contributed by atoms with Gasteiger partial charge in [-0.25, -0.2) is 0 Å². The normalized spacial score (nSPS) is 19.8. The molecule has 0 aliphatic carbocycles. The zero-order valence-corrected chi connectivity index (χ0v) is 18.3. The van der Waals surface area contributed by atoms with E-state index in [1.54, 1.807) is 17.0 Å². The summed E-state index contributed by atoms with van der Waals surface area (Å²) >= 11 is 0. The van der Waals surface area contributed by atoms with Gasteiger partial charge in [-0.3, -0.25) is 19.4 Å². The maximum Gasteiger partial charge on any atom is 0.289 e. The second kappa shape index (κ2) is 10.1. The van der Waals surface area contributed by atoms with Gasteiger partial charge >= 0.3 is 0 Å². The van der Waals surface area contributed by atoms with Crippen LogP contribution in [0.1, 0.15) is 29.5 Å². The highest BCUT2D eigenvalue weighted by Gasteiger charge is 2.31. The molecule has 2 aliphatic heterocycles. The van der Waals surface area contributed by atoms with Crippen LogP contribution < -0.4 is 0 Å². The molecule has 2 aliphatic rings. The Hall–Kier alpha value is -2.64. The Morgan fingerprint density at radius 2 is 1.61 bits per heavy atom. The largest absolute Gasteiger partial charge is 0.459 e. The van der Waals surface area contributed by atoms with Gasteiger partial charge < -0.3 is 14.2 Å². The van der Waals surface area contributed by atoms with E-state index < -0.39 is 0 Å². The maximum atomic E-state index is 13.1. The topological polar surface area (TPSA) is 60.2 Å². The molecule has 1 atom stereocenters. The van der Waals surface area contributed by atoms with Crippen LogP contribution in [0.2, 0.25) is 0 Å². The highest BCUT2D eigenvalue weighted by Crippen LogP contribution is 2.15. The summed E-state index contributed by atoms with van der Waals surface area (Å²) in [7, 11) is 0. The first kappa shape index (κ1) is 21.6. The van der Waals surface area contributed by atoms with Crippen LogP contribution in [0.4, 0.5) is 0 Å². The summed E-state index contributed by atoms with van der Waals surface area (Å²) in [4.78, 5) is 34.0. The van der Waals surface area contributed by atoms with E-state index in [0.29, 0.717) is 31.9 Å². The van der Waals surface area contributed by atoms with Gasteiger partial charge in [0.2, 0.25) is 5.91 Å². The molecule has 166 valence electrons. The monoisotopic (exact) mass is 424 g/mol. The minimum absolute atomic E-state index is 0.101. The van der Waals surface area contributed by atoms with Gasteiger partial charge in [0.1, 0.15) is 0 Å². The third-order valence-electron chi connectivity index (χ3n) is 6.39. The minimum atomic E-state index is -0.135. The molecule has 0 spiro atoms. The van der Waals surface area contributed by atoms with Gasteiger partial charge in [0.15, 0.2) is 5.76 Å². The molecule has 3 heterocycles. The zero-order chi connectivity index (χ0) is 21.6. The van der Waals surface area contributed by atoms with Gasteiger partial charge in [0, 0.05) is 52.4 Å². The van der Waals surface area contributed by atoms with Crippen molar-refractivity contribution in [1.29, 1.82) is 0 Å². The predicted octanol–water partition coefficient (Wildman–Crippen LogP) is 2.16. The van der Waals surface area contributed by atoms with Crippen molar-refractivity contribution in [3.05, 3.63) is 60.1 Å². The Bertz CT molecular complexity index is 847. The van der Waals surface area contributed by atoms with Gasteiger partial charge in [0.25, 0.3) is 5.91 Å². The lowest BCUT2D eigenvalue weighted by molar-refractivity contribution is -0.137. The number of carbonyl (C=O) groups is 2. The van der Waals surface area contributed by atoms with Crippen LogP contribution in [0.5, 0.6) is 0 Å². The van der Waals surface area contributed by atoms with Crippen LogP contribution in [-0.2, 0) is 11.3 Å². The summed E-state index contributed by atoms with van der Waals surface area (Å²) in [6, 6.07) is 13.8. The number of rotatable bonds is 5. The summed E-state index contributed by atoms with van der Waals surface area (Å²) in [5, 5.41) is 0. The third-order valence-corrected chi connectivity index (χ3v) is 6.39. The number of amides is 2. The predicted molar refractivity (Wildman–Crippen MR) is 119 cm³/mol. The Morgan fingerprint density at radius 1 is 0.871 bits per heavy atom. The van der Waals surface area contributed by atoms with E-state index >= 15 is 0 Å². The molecular weight excluding hydrogens is 392 g/mol. The van der Waals surface area contributed by atoms with Crippen LogP contribution in [0.25, 0.3) is 0 Å². The molecule has 0 bridgehead atoms. The van der Waals surface area contributed by atoms with Crippen molar-refractivity contribution < 1.29 is 14.0 Å². The summed E-state index contributed by atoms with van der Waals surface area (Å²) in [6.07, 6.45) is 2.58. The lowest BCUT2D eigenvalue weighted by atomic mass is 10.2. The molecule has 31 heavy (non-hydrogen) atoms. The molecule has 7 heteroatoms. The van der Waals surface area contributed by atoms with E-state index in [9.17, 15) is 9.59 Å². The fourth-order valence-corrected chi connectivity index (χ4v) is 4.48. The van der Waals surface area contributed by atoms with Crippen molar-refractivity contribution in [3.8, 4) is 0 Å². The number of hydrogen-bond donors (Lipinski definition) is 0. The van der Waals surface area contributed by atoms with E-state index in [-0.39, 0.29) is 17.9 Å². The number of hydrogen-bond acceptors (Lipinski definition) is 5. The van der Waals surface area contributed by atoms with Crippen molar-refractivity contribution >= 4 is 11.8 Å².